The van der Waals surface area contributed by atoms with Crippen molar-refractivity contribution in [2.24, 2.45) is 23.7 Å². The second kappa shape index (κ2) is 19.0. The molecule has 0 bridgehead atoms. The molecule has 0 amide bonds. The van der Waals surface area contributed by atoms with Crippen molar-refractivity contribution in [3.05, 3.63) is 280 Å². The number of benzene rings is 3. The molecule has 4 unspecified atom stereocenters. The number of aromatic nitrogens is 2. The molecule has 13 rings (SSSR count). The summed E-state index contributed by atoms with van der Waals surface area (Å²) >= 11 is 0. The largest absolute Gasteiger partial charge is 0.317 e. The maximum absolute atomic E-state index is 5.11. The van der Waals surface area contributed by atoms with Crippen LogP contribution in [0.15, 0.2) is 252 Å². The van der Waals surface area contributed by atoms with Gasteiger partial charge in [0.15, 0.2) is 0 Å². The van der Waals surface area contributed by atoms with Crippen molar-refractivity contribution in [3.8, 4) is 5.69 Å². The number of nitrogens with zero attached hydrogens (tertiary/aromatic N) is 3. The van der Waals surface area contributed by atoms with E-state index in [0.29, 0.717) is 17.8 Å². The minimum atomic E-state index is 0.280. The van der Waals surface area contributed by atoms with Crippen LogP contribution in [0.1, 0.15) is 98.7 Å². The molecule has 3 aromatic carbocycles. The zero-order valence-corrected chi connectivity index (χ0v) is 40.6. The molecule has 1 saturated heterocycles. The number of hydrogen-bond acceptors (Lipinski definition) is 2. The highest BCUT2D eigenvalue weighted by molar-refractivity contribution is 5.94. The number of likely N-dealkylation sites (tertiary alicyclic amines) is 1. The fraction of sp³-hybridized carbons (Fsp3) is 0.221. The van der Waals surface area contributed by atoms with Crippen LogP contribution in [-0.4, -0.2) is 14.5 Å². The van der Waals surface area contributed by atoms with E-state index < -0.39 is 0 Å². The average Bonchev–Trinajstić information content (AvgIpc) is 4.04. The minimum absolute atomic E-state index is 0.280. The van der Waals surface area contributed by atoms with Crippen molar-refractivity contribution >= 4 is 27.9 Å². The van der Waals surface area contributed by atoms with E-state index in [-0.39, 0.29) is 5.92 Å². The standard InChI is InChI=1S/C68H61N3/c1-5-18-47(19-6-1)40-55(50-22-9-3-10-23-50)41-49-32-38-65-63(43-49)64-45-54(62(52-24-11-4-12-25-52)42-48-20-7-2-8-21-48)35-39-66(64)71(65)56-36-33-51(34-37-56)53-26-17-27-57(44-53)70-46-69-67-60-30-15-13-28-58(60)59-29-14-16-31-61(59)68(67)70/h1-5,7-12,14,16-18,20,22-28,30-31,33,35-36,38-40,42-44,46,48-49,59,64H,6,13,15,19,21,29,32,34,37,41,45H2/b55-40-,62-42+. The molecule has 0 N–H and O–H groups in total. The van der Waals surface area contributed by atoms with Crippen molar-refractivity contribution in [1.29, 1.82) is 0 Å². The third-order valence-corrected chi connectivity index (χ3v) is 16.2. The third-order valence-electron chi connectivity index (χ3n) is 16.2. The van der Waals surface area contributed by atoms with Crippen LogP contribution in [0.5, 0.6) is 0 Å². The Bertz CT molecular complexity index is 3330. The van der Waals surface area contributed by atoms with Gasteiger partial charge in [-0.3, -0.25) is 4.57 Å². The van der Waals surface area contributed by atoms with Crippen molar-refractivity contribution in [2.45, 2.75) is 70.6 Å². The van der Waals surface area contributed by atoms with Crippen LogP contribution in [0.3, 0.4) is 0 Å². The summed E-state index contributed by atoms with van der Waals surface area (Å²) in [5, 5.41) is 0. The maximum atomic E-state index is 5.11. The Labute approximate surface area is 420 Å². The van der Waals surface area contributed by atoms with Gasteiger partial charge in [0.2, 0.25) is 0 Å². The van der Waals surface area contributed by atoms with Gasteiger partial charge in [-0.05, 0) is 168 Å². The van der Waals surface area contributed by atoms with Gasteiger partial charge in [0, 0.05) is 40.2 Å². The lowest BCUT2D eigenvalue weighted by atomic mass is 9.72. The van der Waals surface area contributed by atoms with Crippen LogP contribution in [-0.2, 0) is 0 Å². The summed E-state index contributed by atoms with van der Waals surface area (Å²) in [5.74, 6) is 1.47. The first-order chi connectivity index (χ1) is 35.2. The molecule has 1 aromatic heterocycles. The van der Waals surface area contributed by atoms with Gasteiger partial charge in [0.05, 0.1) is 11.4 Å². The molecule has 0 radical (unpaired) electrons. The van der Waals surface area contributed by atoms with Crippen LogP contribution in [0.25, 0.3) is 33.6 Å². The average molecular weight is 920 g/mol. The van der Waals surface area contributed by atoms with Gasteiger partial charge in [-0.15, -0.1) is 0 Å². The Kier molecular flexibility index (Phi) is 11.7. The summed E-state index contributed by atoms with van der Waals surface area (Å²) in [5.41, 5.74) is 24.5. The molecule has 0 spiro atoms. The van der Waals surface area contributed by atoms with E-state index in [0.717, 1.165) is 76.3 Å². The summed E-state index contributed by atoms with van der Waals surface area (Å²) in [6.45, 7) is 0. The molecule has 4 atom stereocenters. The molecule has 1 aliphatic heterocycles. The second-order valence-electron chi connectivity index (χ2n) is 20.6. The highest BCUT2D eigenvalue weighted by Gasteiger charge is 2.42. The number of allylic oxidation sites excluding steroid dienone is 31. The van der Waals surface area contributed by atoms with E-state index in [1.54, 1.807) is 0 Å². The number of imidazole rings is 1. The number of fused-ring (bicyclic) bond motifs is 9. The van der Waals surface area contributed by atoms with Crippen molar-refractivity contribution in [3.63, 3.8) is 0 Å². The molecule has 3 nitrogen and oxygen atoms in total. The molecule has 8 aliphatic carbocycles. The molecular formula is C68H61N3. The van der Waals surface area contributed by atoms with Gasteiger partial charge in [-0.25, -0.2) is 4.98 Å². The lowest BCUT2D eigenvalue weighted by molar-refractivity contribution is 0.506. The summed E-state index contributed by atoms with van der Waals surface area (Å²) in [7, 11) is 0. The van der Waals surface area contributed by atoms with Crippen molar-refractivity contribution < 1.29 is 0 Å². The van der Waals surface area contributed by atoms with Gasteiger partial charge < -0.3 is 4.90 Å². The Hall–Kier alpha value is -7.49. The van der Waals surface area contributed by atoms with E-state index in [9.17, 15) is 0 Å². The fourth-order valence-corrected chi connectivity index (χ4v) is 12.8. The summed E-state index contributed by atoms with van der Waals surface area (Å²) in [6.07, 6.45) is 61.3. The number of hydrogen-bond donors (Lipinski definition) is 0. The first kappa shape index (κ1) is 43.5. The van der Waals surface area contributed by atoms with E-state index in [1.165, 1.54) is 95.3 Å². The maximum Gasteiger partial charge on any atom is 0.100 e. The Morgan fingerprint density at radius 3 is 2.35 bits per heavy atom. The first-order valence-electron chi connectivity index (χ1n) is 26.4. The van der Waals surface area contributed by atoms with E-state index in [4.69, 9.17) is 4.98 Å². The minimum Gasteiger partial charge on any atom is -0.317 e. The van der Waals surface area contributed by atoms with E-state index in [2.05, 4.69) is 222 Å². The predicted molar refractivity (Wildman–Crippen MR) is 296 cm³/mol. The second-order valence-corrected chi connectivity index (χ2v) is 20.6. The Morgan fingerprint density at radius 2 is 1.52 bits per heavy atom. The third kappa shape index (κ3) is 8.36. The van der Waals surface area contributed by atoms with E-state index in [1.807, 2.05) is 0 Å². The molecule has 348 valence electrons. The molecule has 71 heavy (non-hydrogen) atoms. The molecule has 1 fully saturated rings. The fourth-order valence-electron chi connectivity index (χ4n) is 12.8. The molecule has 9 aliphatic rings. The highest BCUT2D eigenvalue weighted by Crippen LogP contribution is 2.54. The summed E-state index contributed by atoms with van der Waals surface area (Å²) in [4.78, 5) is 7.77. The lowest BCUT2D eigenvalue weighted by Gasteiger charge is -2.33. The van der Waals surface area contributed by atoms with Gasteiger partial charge in [-0.1, -0.05) is 182 Å². The number of rotatable bonds is 10. The lowest BCUT2D eigenvalue weighted by Crippen LogP contribution is -2.20. The van der Waals surface area contributed by atoms with Gasteiger partial charge in [0.25, 0.3) is 0 Å². The van der Waals surface area contributed by atoms with Gasteiger partial charge >= 0.3 is 0 Å². The Morgan fingerprint density at radius 1 is 0.662 bits per heavy atom. The van der Waals surface area contributed by atoms with Crippen molar-refractivity contribution in [1.82, 2.24) is 14.5 Å². The van der Waals surface area contributed by atoms with Crippen LogP contribution in [0, 0.1) is 23.7 Å². The zero-order valence-electron chi connectivity index (χ0n) is 40.6. The quantitative estimate of drug-likeness (QED) is 0.158. The van der Waals surface area contributed by atoms with Gasteiger partial charge in [0.1, 0.15) is 6.33 Å². The summed E-state index contributed by atoms with van der Waals surface area (Å²) in [6, 6.07) is 31.4. The molecule has 2 heterocycles. The Balaban J connectivity index is 0.850. The summed E-state index contributed by atoms with van der Waals surface area (Å²) < 4.78 is 2.36. The topological polar surface area (TPSA) is 21.1 Å². The molecular weight excluding hydrogens is 859 g/mol. The van der Waals surface area contributed by atoms with Crippen LogP contribution < -0.4 is 0 Å². The van der Waals surface area contributed by atoms with Crippen LogP contribution in [0.4, 0.5) is 0 Å². The molecule has 4 aromatic rings. The molecule has 0 saturated carbocycles. The van der Waals surface area contributed by atoms with Crippen molar-refractivity contribution in [2.75, 3.05) is 0 Å². The van der Waals surface area contributed by atoms with Gasteiger partial charge in [-0.2, -0.15) is 0 Å². The van der Waals surface area contributed by atoms with E-state index >= 15 is 0 Å². The first-order valence-corrected chi connectivity index (χ1v) is 26.4. The monoisotopic (exact) mass is 919 g/mol. The SMILES string of the molecule is C1=CCCC(/C=C(/CC2C=C3C(=CC2)N(C2=CC=C(c4cccc(-n5cnc6c5C5=CC=CCC5C5=CCCC=C56)c4)CC2)C2=CC=C(/C(=C/C4C=CC=CC4)c4ccccc4)CC32)c2ccccc2)=C1. The predicted octanol–water partition coefficient (Wildman–Crippen LogP) is 17.0. The normalized spacial score (nSPS) is 24.3. The smallest absolute Gasteiger partial charge is 0.100 e. The van der Waals surface area contributed by atoms with Crippen LogP contribution >= 0.6 is 0 Å². The molecule has 3 heteroatoms. The zero-order chi connectivity index (χ0) is 47.1. The highest BCUT2D eigenvalue weighted by atomic mass is 15.2. The van der Waals surface area contributed by atoms with Crippen LogP contribution in [0.2, 0.25) is 0 Å².